The van der Waals surface area contributed by atoms with Crippen LogP contribution in [0.3, 0.4) is 0 Å². The van der Waals surface area contributed by atoms with E-state index in [4.69, 9.17) is 9.47 Å². The minimum atomic E-state index is -1.47. The summed E-state index contributed by atoms with van der Waals surface area (Å²) in [5, 5.41) is 14.8. The van der Waals surface area contributed by atoms with Gasteiger partial charge in [0.2, 0.25) is 0 Å². The summed E-state index contributed by atoms with van der Waals surface area (Å²) in [5.41, 5.74) is 1.50. The lowest BCUT2D eigenvalue weighted by Gasteiger charge is -2.12. The smallest absolute Gasteiger partial charge is 0.341 e. The Morgan fingerprint density at radius 1 is 1.14 bits per heavy atom. The van der Waals surface area contributed by atoms with Crippen molar-refractivity contribution in [3.05, 3.63) is 52.4 Å². The van der Waals surface area contributed by atoms with Gasteiger partial charge in [0.25, 0.3) is 5.91 Å². The van der Waals surface area contributed by atoms with E-state index >= 15 is 0 Å². The second-order valence-corrected chi connectivity index (χ2v) is 7.63. The molecule has 0 aliphatic heterocycles. The highest BCUT2D eigenvalue weighted by atomic mass is 32.1. The minimum absolute atomic E-state index is 0.220. The molecule has 1 atom stereocenters. The number of benzene rings is 1. The van der Waals surface area contributed by atoms with Gasteiger partial charge in [-0.3, -0.25) is 4.79 Å². The fourth-order valence-electron chi connectivity index (χ4n) is 2.65. The summed E-state index contributed by atoms with van der Waals surface area (Å²) in [6, 6.07) is 8.28. The number of carbonyl (C=O) groups excluding carboxylic acids is 3. The van der Waals surface area contributed by atoms with Crippen LogP contribution in [-0.4, -0.2) is 36.2 Å². The lowest BCUT2D eigenvalue weighted by atomic mass is 10.0. The first kappa shape index (κ1) is 22.6. The molecule has 1 heterocycles. The predicted octanol–water partition coefficient (Wildman–Crippen LogP) is 3.34. The molecule has 1 amide bonds. The standard InChI is InChI=1S/C21H25NO6S/c1-4-27-20(25)17-15(10-13(2)3)12-29-19(17)22-16(23)11-28-21(26)18(24)14-8-6-5-7-9-14/h5-9,12-13,18,24H,4,10-11H2,1-3H3,(H,22,23)/t18-/m1/s1. The van der Waals surface area contributed by atoms with Gasteiger partial charge < -0.3 is 19.9 Å². The van der Waals surface area contributed by atoms with Gasteiger partial charge in [0.05, 0.1) is 12.2 Å². The van der Waals surface area contributed by atoms with E-state index in [-0.39, 0.29) is 6.61 Å². The molecular formula is C21H25NO6S. The van der Waals surface area contributed by atoms with Crippen LogP contribution in [0.5, 0.6) is 0 Å². The Morgan fingerprint density at radius 2 is 1.83 bits per heavy atom. The van der Waals surface area contributed by atoms with E-state index < -0.39 is 30.6 Å². The highest BCUT2D eigenvalue weighted by Crippen LogP contribution is 2.31. The summed E-state index contributed by atoms with van der Waals surface area (Å²) in [7, 11) is 0. The average Bonchev–Trinajstić information content (AvgIpc) is 3.07. The topological polar surface area (TPSA) is 102 Å². The van der Waals surface area contributed by atoms with E-state index in [2.05, 4.69) is 5.32 Å². The van der Waals surface area contributed by atoms with Crippen LogP contribution >= 0.6 is 11.3 Å². The number of esters is 2. The normalized spacial score (nSPS) is 11.8. The molecule has 0 bridgehead atoms. The molecule has 156 valence electrons. The number of rotatable bonds is 9. The highest BCUT2D eigenvalue weighted by Gasteiger charge is 2.24. The number of hydrogen-bond acceptors (Lipinski definition) is 7. The molecule has 7 nitrogen and oxygen atoms in total. The molecule has 1 aromatic heterocycles. The first-order valence-corrected chi connectivity index (χ1v) is 10.2. The first-order valence-electron chi connectivity index (χ1n) is 9.30. The van der Waals surface area contributed by atoms with E-state index in [0.717, 1.165) is 5.56 Å². The van der Waals surface area contributed by atoms with Crippen LogP contribution in [0.25, 0.3) is 0 Å². The van der Waals surface area contributed by atoms with Crippen LogP contribution in [0.4, 0.5) is 5.00 Å². The van der Waals surface area contributed by atoms with Crippen LogP contribution < -0.4 is 5.32 Å². The fraction of sp³-hybridized carbons (Fsp3) is 0.381. The Hall–Kier alpha value is -2.71. The van der Waals surface area contributed by atoms with Crippen LogP contribution in [0.1, 0.15) is 48.4 Å². The average molecular weight is 419 g/mol. The Balaban J connectivity index is 2.02. The zero-order chi connectivity index (χ0) is 21.4. The lowest BCUT2D eigenvalue weighted by molar-refractivity contribution is -0.156. The maximum Gasteiger partial charge on any atom is 0.341 e. The van der Waals surface area contributed by atoms with E-state index in [1.54, 1.807) is 37.3 Å². The molecule has 0 saturated carbocycles. The Bertz CT molecular complexity index is 846. The largest absolute Gasteiger partial charge is 0.462 e. The fourth-order valence-corrected chi connectivity index (χ4v) is 3.63. The van der Waals surface area contributed by atoms with E-state index in [1.165, 1.54) is 11.3 Å². The zero-order valence-corrected chi connectivity index (χ0v) is 17.5. The molecule has 0 spiro atoms. The van der Waals surface area contributed by atoms with Gasteiger partial charge in [-0.1, -0.05) is 44.2 Å². The third-order valence-corrected chi connectivity index (χ3v) is 4.86. The molecule has 0 aliphatic carbocycles. The number of carbonyl (C=O) groups is 3. The summed E-state index contributed by atoms with van der Waals surface area (Å²) >= 11 is 1.22. The number of hydrogen-bond donors (Lipinski definition) is 2. The van der Waals surface area contributed by atoms with Gasteiger partial charge in [-0.05, 0) is 35.8 Å². The number of aliphatic hydroxyl groups is 1. The van der Waals surface area contributed by atoms with Crippen molar-refractivity contribution in [1.29, 1.82) is 0 Å². The van der Waals surface area contributed by atoms with Crippen molar-refractivity contribution in [3.8, 4) is 0 Å². The van der Waals surface area contributed by atoms with Crippen molar-refractivity contribution in [1.82, 2.24) is 0 Å². The van der Waals surface area contributed by atoms with Gasteiger partial charge in [-0.25, -0.2) is 9.59 Å². The summed E-state index contributed by atoms with van der Waals surface area (Å²) in [5.74, 6) is -1.72. The molecule has 0 fully saturated rings. The SMILES string of the molecule is CCOC(=O)c1c(CC(C)C)csc1NC(=O)COC(=O)[C@H](O)c1ccccc1. The summed E-state index contributed by atoms with van der Waals surface area (Å²) in [6.07, 6.45) is -0.808. The zero-order valence-electron chi connectivity index (χ0n) is 16.6. The van der Waals surface area contributed by atoms with E-state index in [0.29, 0.717) is 28.5 Å². The van der Waals surface area contributed by atoms with Crippen molar-refractivity contribution in [3.63, 3.8) is 0 Å². The van der Waals surface area contributed by atoms with E-state index in [1.807, 2.05) is 19.2 Å². The number of anilines is 1. The number of aliphatic hydroxyl groups excluding tert-OH is 1. The van der Waals surface area contributed by atoms with Crippen molar-refractivity contribution < 1.29 is 29.0 Å². The van der Waals surface area contributed by atoms with E-state index in [9.17, 15) is 19.5 Å². The monoisotopic (exact) mass is 419 g/mol. The van der Waals surface area contributed by atoms with Gasteiger partial charge in [0.1, 0.15) is 5.00 Å². The summed E-state index contributed by atoms with van der Waals surface area (Å²) in [6.45, 7) is 5.41. The number of nitrogens with one attached hydrogen (secondary N) is 1. The second-order valence-electron chi connectivity index (χ2n) is 6.75. The molecule has 8 heteroatoms. The van der Waals surface area contributed by atoms with Crippen LogP contribution in [0.2, 0.25) is 0 Å². The molecule has 0 aliphatic rings. The predicted molar refractivity (Wildman–Crippen MR) is 110 cm³/mol. The first-order chi connectivity index (χ1) is 13.8. The third kappa shape index (κ3) is 6.40. The van der Waals surface area contributed by atoms with Crippen LogP contribution in [0, 0.1) is 5.92 Å². The van der Waals surface area contributed by atoms with Crippen molar-refractivity contribution in [2.24, 2.45) is 5.92 Å². The molecule has 0 radical (unpaired) electrons. The number of thiophene rings is 1. The molecule has 1 aromatic carbocycles. The molecule has 2 N–H and O–H groups in total. The molecule has 0 unspecified atom stereocenters. The van der Waals surface area contributed by atoms with Gasteiger partial charge in [0.15, 0.2) is 12.7 Å². The maximum absolute atomic E-state index is 12.3. The number of amides is 1. The van der Waals surface area contributed by atoms with Gasteiger partial charge in [0, 0.05) is 0 Å². The Kier molecular flexibility index (Phi) is 8.35. The van der Waals surface area contributed by atoms with Crippen LogP contribution in [0.15, 0.2) is 35.7 Å². The molecule has 29 heavy (non-hydrogen) atoms. The van der Waals surface area contributed by atoms with Gasteiger partial charge in [-0.2, -0.15) is 0 Å². The quantitative estimate of drug-likeness (QED) is 0.605. The third-order valence-electron chi connectivity index (χ3n) is 3.91. The molecule has 2 rings (SSSR count). The second kappa shape index (κ2) is 10.7. The maximum atomic E-state index is 12.3. The Morgan fingerprint density at radius 3 is 2.45 bits per heavy atom. The van der Waals surface area contributed by atoms with Crippen molar-refractivity contribution in [2.75, 3.05) is 18.5 Å². The molecule has 0 saturated heterocycles. The van der Waals surface area contributed by atoms with Gasteiger partial charge in [-0.15, -0.1) is 11.3 Å². The van der Waals surface area contributed by atoms with Crippen molar-refractivity contribution >= 4 is 34.2 Å². The molecular weight excluding hydrogens is 394 g/mol. The molecule has 2 aromatic rings. The minimum Gasteiger partial charge on any atom is -0.462 e. The Labute approximate surface area is 173 Å². The summed E-state index contributed by atoms with van der Waals surface area (Å²) in [4.78, 5) is 36.5. The number of ether oxygens (including phenoxy) is 2. The lowest BCUT2D eigenvalue weighted by Crippen LogP contribution is -2.24. The van der Waals surface area contributed by atoms with Crippen LogP contribution in [-0.2, 0) is 25.5 Å². The summed E-state index contributed by atoms with van der Waals surface area (Å²) < 4.78 is 10.0. The highest BCUT2D eigenvalue weighted by molar-refractivity contribution is 7.15. The van der Waals surface area contributed by atoms with Gasteiger partial charge >= 0.3 is 11.9 Å². The van der Waals surface area contributed by atoms with Crippen molar-refractivity contribution in [2.45, 2.75) is 33.3 Å².